The lowest BCUT2D eigenvalue weighted by molar-refractivity contribution is 0.206. The van der Waals surface area contributed by atoms with Crippen LogP contribution in [0.15, 0.2) is 34.0 Å². The highest BCUT2D eigenvalue weighted by molar-refractivity contribution is 5.37. The van der Waals surface area contributed by atoms with Gasteiger partial charge in [0.25, 0.3) is 5.56 Å². The van der Waals surface area contributed by atoms with Crippen molar-refractivity contribution in [2.75, 3.05) is 0 Å². The number of rotatable bonds is 3. The molecule has 2 heterocycles. The third kappa shape index (κ3) is 2.61. The van der Waals surface area contributed by atoms with E-state index in [0.29, 0.717) is 30.7 Å². The topological polar surface area (TPSA) is 64.1 Å². The molecular formula is C15H15FN2O3. The summed E-state index contributed by atoms with van der Waals surface area (Å²) in [6, 6.07) is 4.39. The Balaban J connectivity index is 1.83. The van der Waals surface area contributed by atoms with E-state index < -0.39 is 5.69 Å². The van der Waals surface area contributed by atoms with Crippen LogP contribution in [0, 0.1) is 5.82 Å². The molecule has 2 aromatic rings. The van der Waals surface area contributed by atoms with E-state index in [4.69, 9.17) is 4.74 Å². The molecule has 5 nitrogen and oxygen atoms in total. The molecule has 1 aromatic carbocycles. The molecule has 0 radical (unpaired) electrons. The van der Waals surface area contributed by atoms with Crippen molar-refractivity contribution >= 4 is 0 Å². The van der Waals surface area contributed by atoms with Gasteiger partial charge >= 0.3 is 5.69 Å². The minimum Gasteiger partial charge on any atom is -0.488 e. The molecule has 110 valence electrons. The molecule has 6 heteroatoms. The summed E-state index contributed by atoms with van der Waals surface area (Å²) in [4.78, 5) is 25.6. The van der Waals surface area contributed by atoms with Crippen LogP contribution in [-0.4, -0.2) is 15.7 Å². The van der Waals surface area contributed by atoms with Gasteiger partial charge in [0.1, 0.15) is 17.7 Å². The second-order valence-electron chi connectivity index (χ2n) is 5.12. The third-order valence-corrected chi connectivity index (χ3v) is 3.63. The summed E-state index contributed by atoms with van der Waals surface area (Å²) in [6.07, 6.45) is 2.41. The van der Waals surface area contributed by atoms with Crippen molar-refractivity contribution in [1.29, 1.82) is 0 Å². The number of nitrogens with one attached hydrogen (secondary N) is 1. The maximum atomic E-state index is 13.2. The number of benzene rings is 1. The fourth-order valence-electron chi connectivity index (χ4n) is 2.55. The summed E-state index contributed by atoms with van der Waals surface area (Å²) in [5, 5.41) is 0. The number of aryl methyl sites for hydroxylation is 1. The second kappa shape index (κ2) is 5.20. The Labute approximate surface area is 120 Å². The summed E-state index contributed by atoms with van der Waals surface area (Å²) < 4.78 is 20.3. The normalized spacial score (nSPS) is 16.6. The maximum Gasteiger partial charge on any atom is 0.328 e. The van der Waals surface area contributed by atoms with Gasteiger partial charge in [-0.05, 0) is 24.6 Å². The number of H-pyrrole nitrogens is 1. The average molecular weight is 290 g/mol. The van der Waals surface area contributed by atoms with Crippen LogP contribution in [-0.2, 0) is 19.4 Å². The van der Waals surface area contributed by atoms with Gasteiger partial charge in [0, 0.05) is 23.7 Å². The highest BCUT2D eigenvalue weighted by Gasteiger charge is 2.24. The lowest BCUT2D eigenvalue weighted by atomic mass is 10.1. The predicted octanol–water partition coefficient (Wildman–Crippen LogP) is 1.24. The Hall–Kier alpha value is -2.37. The molecule has 1 unspecified atom stereocenters. The van der Waals surface area contributed by atoms with E-state index in [0.717, 1.165) is 5.56 Å². The van der Waals surface area contributed by atoms with Crippen molar-refractivity contribution in [2.24, 2.45) is 0 Å². The zero-order valence-corrected chi connectivity index (χ0v) is 11.6. The predicted molar refractivity (Wildman–Crippen MR) is 75.2 cm³/mol. The number of hydrogen-bond acceptors (Lipinski definition) is 3. The zero-order chi connectivity index (χ0) is 15.0. The van der Waals surface area contributed by atoms with Crippen molar-refractivity contribution < 1.29 is 9.13 Å². The molecule has 1 aliphatic rings. The number of halogens is 1. The van der Waals surface area contributed by atoms with Crippen LogP contribution >= 0.6 is 0 Å². The van der Waals surface area contributed by atoms with Gasteiger partial charge in [0.2, 0.25) is 0 Å². The summed E-state index contributed by atoms with van der Waals surface area (Å²) in [7, 11) is 0. The van der Waals surface area contributed by atoms with E-state index in [1.54, 1.807) is 12.3 Å². The molecule has 0 saturated heterocycles. The van der Waals surface area contributed by atoms with Gasteiger partial charge in [-0.25, -0.2) is 9.18 Å². The molecule has 3 rings (SSSR count). The molecule has 1 atom stereocenters. The minimum absolute atomic E-state index is 0.241. The summed E-state index contributed by atoms with van der Waals surface area (Å²) in [6.45, 7) is 2.17. The van der Waals surface area contributed by atoms with Gasteiger partial charge in [-0.1, -0.05) is 6.92 Å². The van der Waals surface area contributed by atoms with Crippen LogP contribution in [0.1, 0.15) is 18.1 Å². The summed E-state index contributed by atoms with van der Waals surface area (Å²) in [5.41, 5.74) is 0.545. The molecule has 0 saturated carbocycles. The van der Waals surface area contributed by atoms with Crippen molar-refractivity contribution in [3.8, 4) is 5.75 Å². The maximum absolute atomic E-state index is 13.2. The van der Waals surface area contributed by atoms with E-state index >= 15 is 0 Å². The highest BCUT2D eigenvalue weighted by Crippen LogP contribution is 2.29. The molecule has 0 spiro atoms. The van der Waals surface area contributed by atoms with E-state index in [1.165, 1.54) is 16.7 Å². The van der Waals surface area contributed by atoms with Gasteiger partial charge in [-0.3, -0.25) is 14.3 Å². The van der Waals surface area contributed by atoms with E-state index in [1.807, 2.05) is 6.92 Å². The number of aromatic amines is 1. The first-order valence-corrected chi connectivity index (χ1v) is 6.84. The summed E-state index contributed by atoms with van der Waals surface area (Å²) >= 11 is 0. The third-order valence-electron chi connectivity index (χ3n) is 3.63. The Morgan fingerprint density at radius 3 is 3.00 bits per heavy atom. The van der Waals surface area contributed by atoms with Crippen molar-refractivity contribution in [1.82, 2.24) is 9.55 Å². The van der Waals surface area contributed by atoms with Crippen LogP contribution in [0.5, 0.6) is 5.75 Å². The number of fused-ring (bicyclic) bond motifs is 1. The standard InChI is InChI=1S/C15H15FN2O3/c1-2-9-7-18(15(20)17-14(9)19)8-12-6-10-5-11(16)3-4-13(10)21-12/h3-5,7,12H,2,6,8H2,1H3,(H,17,19,20). The lowest BCUT2D eigenvalue weighted by Crippen LogP contribution is -2.35. The lowest BCUT2D eigenvalue weighted by Gasteiger charge is -2.13. The van der Waals surface area contributed by atoms with Crippen molar-refractivity contribution in [2.45, 2.75) is 32.4 Å². The largest absolute Gasteiger partial charge is 0.488 e. The Bertz CT molecular complexity index is 794. The average Bonchev–Trinajstić information content (AvgIpc) is 2.83. The molecule has 0 fully saturated rings. The molecule has 0 amide bonds. The van der Waals surface area contributed by atoms with E-state index in [9.17, 15) is 14.0 Å². The quantitative estimate of drug-likeness (QED) is 0.925. The molecule has 0 aliphatic carbocycles. The van der Waals surface area contributed by atoms with E-state index in [-0.39, 0.29) is 17.5 Å². The number of nitrogens with zero attached hydrogens (tertiary/aromatic N) is 1. The SMILES string of the molecule is CCc1cn(CC2Cc3cc(F)ccc3O2)c(=O)[nH]c1=O. The van der Waals surface area contributed by atoms with Crippen LogP contribution in [0.3, 0.4) is 0 Å². The van der Waals surface area contributed by atoms with Crippen LogP contribution in [0.2, 0.25) is 0 Å². The second-order valence-corrected chi connectivity index (χ2v) is 5.12. The number of hydrogen-bond donors (Lipinski definition) is 1. The molecule has 1 aromatic heterocycles. The van der Waals surface area contributed by atoms with Gasteiger partial charge in [-0.15, -0.1) is 0 Å². The molecule has 1 aliphatic heterocycles. The fraction of sp³-hybridized carbons (Fsp3) is 0.333. The van der Waals surface area contributed by atoms with E-state index in [2.05, 4.69) is 4.98 Å². The smallest absolute Gasteiger partial charge is 0.328 e. The van der Waals surface area contributed by atoms with Gasteiger partial charge < -0.3 is 4.74 Å². The fourth-order valence-corrected chi connectivity index (χ4v) is 2.55. The van der Waals surface area contributed by atoms with Gasteiger partial charge in [-0.2, -0.15) is 0 Å². The molecule has 21 heavy (non-hydrogen) atoms. The first-order chi connectivity index (χ1) is 10.1. The number of ether oxygens (including phenoxy) is 1. The van der Waals surface area contributed by atoms with Crippen LogP contribution < -0.4 is 16.0 Å². The monoisotopic (exact) mass is 290 g/mol. The van der Waals surface area contributed by atoms with Gasteiger partial charge in [0.15, 0.2) is 0 Å². The molecular weight excluding hydrogens is 275 g/mol. The van der Waals surface area contributed by atoms with Crippen LogP contribution in [0.4, 0.5) is 4.39 Å². The van der Waals surface area contributed by atoms with Crippen molar-refractivity contribution in [3.63, 3.8) is 0 Å². The first kappa shape index (κ1) is 13.6. The number of aromatic nitrogens is 2. The molecule has 0 bridgehead atoms. The van der Waals surface area contributed by atoms with Gasteiger partial charge in [0.05, 0.1) is 6.54 Å². The zero-order valence-electron chi connectivity index (χ0n) is 11.6. The Kier molecular flexibility index (Phi) is 3.37. The highest BCUT2D eigenvalue weighted by atomic mass is 19.1. The summed E-state index contributed by atoms with van der Waals surface area (Å²) in [5.74, 6) is 0.349. The molecule has 1 N–H and O–H groups in total. The van der Waals surface area contributed by atoms with Crippen molar-refractivity contribution in [3.05, 3.63) is 62.2 Å². The van der Waals surface area contributed by atoms with Crippen LogP contribution in [0.25, 0.3) is 0 Å². The Morgan fingerprint density at radius 2 is 2.24 bits per heavy atom. The first-order valence-electron chi connectivity index (χ1n) is 6.84. The Morgan fingerprint density at radius 1 is 1.43 bits per heavy atom. The minimum atomic E-state index is -0.456.